The summed E-state index contributed by atoms with van der Waals surface area (Å²) in [5.41, 5.74) is 6.30. The number of ether oxygens (including phenoxy) is 1. The van der Waals surface area contributed by atoms with Gasteiger partial charge >= 0.3 is 0 Å². The molecule has 0 aromatic rings. The molecule has 1 saturated heterocycles. The molecule has 3 heteroatoms. The lowest BCUT2D eigenvalue weighted by atomic mass is 9.83. The van der Waals surface area contributed by atoms with Crippen molar-refractivity contribution in [1.29, 1.82) is 0 Å². The SMILES string of the molecule is CCCC1CC(CN)(N(CC)CCC)CCO1. The lowest BCUT2D eigenvalue weighted by molar-refractivity contribution is -0.0726. The van der Waals surface area contributed by atoms with Crippen LogP contribution >= 0.6 is 0 Å². The molecule has 0 aliphatic carbocycles. The molecule has 2 atom stereocenters. The Labute approximate surface area is 107 Å². The summed E-state index contributed by atoms with van der Waals surface area (Å²) in [6.07, 6.45) is 6.21. The normalized spacial score (nSPS) is 29.8. The summed E-state index contributed by atoms with van der Waals surface area (Å²) < 4.78 is 5.87. The maximum Gasteiger partial charge on any atom is 0.0593 e. The zero-order valence-electron chi connectivity index (χ0n) is 11.9. The van der Waals surface area contributed by atoms with E-state index in [9.17, 15) is 0 Å². The van der Waals surface area contributed by atoms with Crippen molar-refractivity contribution in [2.75, 3.05) is 26.2 Å². The molecule has 2 N–H and O–H groups in total. The van der Waals surface area contributed by atoms with Gasteiger partial charge in [0.25, 0.3) is 0 Å². The summed E-state index contributed by atoms with van der Waals surface area (Å²) in [4.78, 5) is 2.58. The molecule has 2 unspecified atom stereocenters. The fourth-order valence-electron chi connectivity index (χ4n) is 3.11. The van der Waals surface area contributed by atoms with E-state index >= 15 is 0 Å². The van der Waals surface area contributed by atoms with Crippen molar-refractivity contribution in [2.45, 2.75) is 64.5 Å². The van der Waals surface area contributed by atoms with Crippen LogP contribution in [-0.2, 0) is 4.74 Å². The van der Waals surface area contributed by atoms with Gasteiger partial charge in [0.2, 0.25) is 0 Å². The van der Waals surface area contributed by atoms with E-state index in [0.29, 0.717) is 6.10 Å². The average Bonchev–Trinajstić information content (AvgIpc) is 2.36. The maximum absolute atomic E-state index is 6.11. The predicted octanol–water partition coefficient (Wildman–Crippen LogP) is 2.39. The summed E-state index contributed by atoms with van der Waals surface area (Å²) in [6, 6.07) is 0. The highest BCUT2D eigenvalue weighted by atomic mass is 16.5. The molecule has 0 saturated carbocycles. The van der Waals surface area contributed by atoms with E-state index in [-0.39, 0.29) is 5.54 Å². The number of hydrogen-bond acceptors (Lipinski definition) is 3. The average molecular weight is 242 g/mol. The zero-order chi connectivity index (χ0) is 12.7. The molecule has 0 amide bonds. The second-order valence-electron chi connectivity index (χ2n) is 5.24. The molecule has 1 aliphatic heterocycles. The summed E-state index contributed by atoms with van der Waals surface area (Å²) in [5.74, 6) is 0. The minimum absolute atomic E-state index is 0.197. The Balaban J connectivity index is 2.70. The summed E-state index contributed by atoms with van der Waals surface area (Å²) >= 11 is 0. The van der Waals surface area contributed by atoms with Crippen molar-refractivity contribution in [3.8, 4) is 0 Å². The number of nitrogens with zero attached hydrogens (tertiary/aromatic N) is 1. The molecule has 1 fully saturated rings. The number of hydrogen-bond donors (Lipinski definition) is 1. The molecule has 1 heterocycles. The third-order valence-electron chi connectivity index (χ3n) is 4.07. The Morgan fingerprint density at radius 2 is 2.06 bits per heavy atom. The largest absolute Gasteiger partial charge is 0.378 e. The van der Waals surface area contributed by atoms with E-state index in [0.717, 1.165) is 39.1 Å². The van der Waals surface area contributed by atoms with Gasteiger partial charge in [-0.15, -0.1) is 0 Å². The van der Waals surface area contributed by atoms with Crippen molar-refractivity contribution in [3.63, 3.8) is 0 Å². The topological polar surface area (TPSA) is 38.5 Å². The highest BCUT2D eigenvalue weighted by Crippen LogP contribution is 2.32. The first-order valence-corrected chi connectivity index (χ1v) is 7.29. The third-order valence-corrected chi connectivity index (χ3v) is 4.07. The Hall–Kier alpha value is -0.120. The number of rotatable bonds is 7. The van der Waals surface area contributed by atoms with Gasteiger partial charge in [-0.25, -0.2) is 0 Å². The van der Waals surface area contributed by atoms with E-state index in [1.54, 1.807) is 0 Å². The molecule has 0 radical (unpaired) electrons. The van der Waals surface area contributed by atoms with E-state index in [1.165, 1.54) is 19.3 Å². The third kappa shape index (κ3) is 3.67. The smallest absolute Gasteiger partial charge is 0.0593 e. The summed E-state index contributed by atoms with van der Waals surface area (Å²) in [7, 11) is 0. The van der Waals surface area contributed by atoms with Gasteiger partial charge in [0, 0.05) is 18.7 Å². The molecular weight excluding hydrogens is 212 g/mol. The Morgan fingerprint density at radius 1 is 1.29 bits per heavy atom. The zero-order valence-corrected chi connectivity index (χ0v) is 11.9. The Bertz CT molecular complexity index is 208. The monoisotopic (exact) mass is 242 g/mol. The van der Waals surface area contributed by atoms with Crippen molar-refractivity contribution in [2.24, 2.45) is 5.73 Å². The second-order valence-corrected chi connectivity index (χ2v) is 5.24. The van der Waals surface area contributed by atoms with Crippen molar-refractivity contribution < 1.29 is 4.74 Å². The molecule has 17 heavy (non-hydrogen) atoms. The maximum atomic E-state index is 6.11. The van der Waals surface area contributed by atoms with Crippen LogP contribution in [0, 0.1) is 0 Å². The molecule has 1 rings (SSSR count). The van der Waals surface area contributed by atoms with Crippen LogP contribution in [0.4, 0.5) is 0 Å². The second kappa shape index (κ2) is 7.34. The first-order valence-electron chi connectivity index (χ1n) is 7.29. The standard InChI is InChI=1S/C14H30N2O/c1-4-7-13-11-14(12-15,8-10-17-13)16(6-3)9-5-2/h13H,4-12,15H2,1-3H3. The Morgan fingerprint density at radius 3 is 2.59 bits per heavy atom. The van der Waals surface area contributed by atoms with Crippen LogP contribution < -0.4 is 5.73 Å². The highest BCUT2D eigenvalue weighted by molar-refractivity contribution is 4.96. The van der Waals surface area contributed by atoms with E-state index < -0.39 is 0 Å². The van der Waals surface area contributed by atoms with Crippen LogP contribution in [0.5, 0.6) is 0 Å². The summed E-state index contributed by atoms with van der Waals surface area (Å²) in [5, 5.41) is 0. The number of nitrogens with two attached hydrogens (primary N) is 1. The van der Waals surface area contributed by atoms with E-state index in [1.807, 2.05) is 0 Å². The van der Waals surface area contributed by atoms with E-state index in [2.05, 4.69) is 25.7 Å². The highest BCUT2D eigenvalue weighted by Gasteiger charge is 2.39. The van der Waals surface area contributed by atoms with Crippen molar-refractivity contribution in [1.82, 2.24) is 4.90 Å². The van der Waals surface area contributed by atoms with Gasteiger partial charge in [0.1, 0.15) is 0 Å². The molecular formula is C14H30N2O. The van der Waals surface area contributed by atoms with Gasteiger partial charge < -0.3 is 10.5 Å². The quantitative estimate of drug-likeness (QED) is 0.745. The first-order chi connectivity index (χ1) is 8.22. The Kier molecular flexibility index (Phi) is 6.45. The minimum Gasteiger partial charge on any atom is -0.378 e. The van der Waals surface area contributed by atoms with Gasteiger partial charge in [-0.1, -0.05) is 27.2 Å². The van der Waals surface area contributed by atoms with Gasteiger partial charge in [-0.3, -0.25) is 4.90 Å². The lowest BCUT2D eigenvalue weighted by Gasteiger charge is -2.48. The number of likely N-dealkylation sites (N-methyl/N-ethyl adjacent to an activating group) is 1. The van der Waals surface area contributed by atoms with E-state index in [4.69, 9.17) is 10.5 Å². The fraction of sp³-hybridized carbons (Fsp3) is 1.00. The van der Waals surface area contributed by atoms with Gasteiger partial charge in [-0.2, -0.15) is 0 Å². The van der Waals surface area contributed by atoms with Crippen LogP contribution in [0.25, 0.3) is 0 Å². The fourth-order valence-corrected chi connectivity index (χ4v) is 3.11. The minimum atomic E-state index is 0.197. The summed E-state index contributed by atoms with van der Waals surface area (Å²) in [6.45, 7) is 10.6. The van der Waals surface area contributed by atoms with Crippen LogP contribution in [0.15, 0.2) is 0 Å². The first kappa shape index (κ1) is 14.9. The lowest BCUT2D eigenvalue weighted by Crippen LogP contribution is -2.58. The van der Waals surface area contributed by atoms with Gasteiger partial charge in [0.15, 0.2) is 0 Å². The van der Waals surface area contributed by atoms with Crippen LogP contribution in [0.2, 0.25) is 0 Å². The molecule has 1 aliphatic rings. The predicted molar refractivity (Wildman–Crippen MR) is 73.2 cm³/mol. The molecule has 0 aromatic carbocycles. The molecule has 3 nitrogen and oxygen atoms in total. The van der Waals surface area contributed by atoms with Crippen LogP contribution in [0.1, 0.15) is 52.9 Å². The van der Waals surface area contributed by atoms with Crippen molar-refractivity contribution in [3.05, 3.63) is 0 Å². The van der Waals surface area contributed by atoms with Crippen molar-refractivity contribution >= 4 is 0 Å². The molecule has 0 spiro atoms. The molecule has 102 valence electrons. The molecule has 0 aromatic heterocycles. The molecule has 0 bridgehead atoms. The van der Waals surface area contributed by atoms with Crippen LogP contribution in [0.3, 0.4) is 0 Å². The van der Waals surface area contributed by atoms with Gasteiger partial charge in [-0.05, 0) is 38.8 Å². The van der Waals surface area contributed by atoms with Crippen LogP contribution in [-0.4, -0.2) is 42.8 Å². The van der Waals surface area contributed by atoms with Gasteiger partial charge in [0.05, 0.1) is 6.10 Å².